The molecule has 0 radical (unpaired) electrons. The molecule has 0 saturated carbocycles. The van der Waals surface area contributed by atoms with Gasteiger partial charge in [-0.15, -0.1) is 0 Å². The Hall–Kier alpha value is -7.58. The van der Waals surface area contributed by atoms with E-state index < -0.39 is 0 Å². The molecule has 8 heteroatoms. The van der Waals surface area contributed by atoms with E-state index in [4.69, 9.17) is 8.83 Å². The molecule has 0 bridgehead atoms. The average molecular weight is 699 g/mol. The van der Waals surface area contributed by atoms with Crippen LogP contribution >= 0.6 is 0 Å². The van der Waals surface area contributed by atoms with E-state index in [1.165, 1.54) is 0 Å². The van der Waals surface area contributed by atoms with Crippen LogP contribution < -0.4 is 9.80 Å². The first-order valence-corrected chi connectivity index (χ1v) is 17.6. The standard InChI is InChI=1S/C46H30N6O2/c1-3-9-35(10-4-1)51(37-21-15-31(16-22-37)43-49-41-13-7-27-47-45(41)53-43)39-25-19-34-30-40(26-20-33(34)29-39)52(36-11-5-2-6-12-36)38-23-17-32(18-24-38)44-50-42-14-8-28-48-46(42)54-44/h1-30H. The molecule has 0 unspecified atom stereocenters. The fraction of sp³-hybridized carbons (Fsp3) is 0. The first-order chi connectivity index (χ1) is 26.7. The fourth-order valence-corrected chi connectivity index (χ4v) is 6.84. The van der Waals surface area contributed by atoms with Gasteiger partial charge in [-0.25, -0.2) is 19.9 Å². The lowest BCUT2D eigenvalue weighted by Gasteiger charge is -2.27. The quantitative estimate of drug-likeness (QED) is 0.155. The maximum absolute atomic E-state index is 5.94. The van der Waals surface area contributed by atoms with Crippen LogP contribution in [0.5, 0.6) is 0 Å². The van der Waals surface area contributed by atoms with Gasteiger partial charge in [-0.3, -0.25) is 0 Å². The largest absolute Gasteiger partial charge is 0.418 e. The third kappa shape index (κ3) is 5.78. The fourth-order valence-electron chi connectivity index (χ4n) is 6.84. The second-order valence-corrected chi connectivity index (χ2v) is 12.8. The number of nitrogens with zero attached hydrogens (tertiary/aromatic N) is 6. The Morgan fingerprint density at radius 3 is 1.15 bits per heavy atom. The van der Waals surface area contributed by atoms with Crippen LogP contribution in [-0.2, 0) is 0 Å². The van der Waals surface area contributed by atoms with E-state index in [0.717, 1.165) is 67.1 Å². The van der Waals surface area contributed by atoms with Crippen molar-refractivity contribution in [3.8, 4) is 22.9 Å². The zero-order valence-electron chi connectivity index (χ0n) is 28.8. The summed E-state index contributed by atoms with van der Waals surface area (Å²) in [4.78, 5) is 22.4. The van der Waals surface area contributed by atoms with Gasteiger partial charge in [0, 0.05) is 57.6 Å². The number of pyridine rings is 2. The van der Waals surface area contributed by atoms with Gasteiger partial charge in [-0.2, -0.15) is 0 Å². The predicted octanol–water partition coefficient (Wildman–Crippen LogP) is 12.2. The molecule has 0 spiro atoms. The zero-order valence-corrected chi connectivity index (χ0v) is 28.8. The minimum absolute atomic E-state index is 0.529. The number of hydrogen-bond donors (Lipinski definition) is 0. The van der Waals surface area contributed by atoms with E-state index in [0.29, 0.717) is 23.2 Å². The van der Waals surface area contributed by atoms with Gasteiger partial charge < -0.3 is 18.6 Å². The van der Waals surface area contributed by atoms with Crippen LogP contribution in [0.1, 0.15) is 0 Å². The molecule has 54 heavy (non-hydrogen) atoms. The lowest BCUT2D eigenvalue weighted by molar-refractivity contribution is 0.607. The first kappa shape index (κ1) is 31.2. The second-order valence-electron chi connectivity index (χ2n) is 12.8. The van der Waals surface area contributed by atoms with Crippen molar-refractivity contribution in [3.63, 3.8) is 0 Å². The topological polar surface area (TPSA) is 84.3 Å². The molecule has 4 aromatic heterocycles. The Morgan fingerprint density at radius 1 is 0.352 bits per heavy atom. The van der Waals surface area contributed by atoms with Gasteiger partial charge in [0.1, 0.15) is 11.0 Å². The van der Waals surface area contributed by atoms with Gasteiger partial charge in [0.05, 0.1) is 0 Å². The summed E-state index contributed by atoms with van der Waals surface area (Å²) in [5.41, 5.74) is 10.5. The van der Waals surface area contributed by atoms with E-state index in [9.17, 15) is 0 Å². The Labute approximate surface area is 310 Å². The van der Waals surface area contributed by atoms with Crippen LogP contribution in [-0.4, -0.2) is 19.9 Å². The average Bonchev–Trinajstić information content (AvgIpc) is 3.88. The number of anilines is 6. The highest BCUT2D eigenvalue weighted by Crippen LogP contribution is 2.40. The summed E-state index contributed by atoms with van der Waals surface area (Å²) in [7, 11) is 0. The number of oxazole rings is 2. The van der Waals surface area contributed by atoms with Gasteiger partial charge >= 0.3 is 0 Å². The van der Waals surface area contributed by atoms with E-state index in [2.05, 4.69) is 139 Å². The molecule has 0 atom stereocenters. The van der Waals surface area contributed by atoms with Crippen LogP contribution in [0.2, 0.25) is 0 Å². The minimum Gasteiger partial charge on any atom is -0.418 e. The number of fused-ring (bicyclic) bond motifs is 3. The van der Waals surface area contributed by atoms with Crippen molar-refractivity contribution in [1.29, 1.82) is 0 Å². The summed E-state index contributed by atoms with van der Waals surface area (Å²) in [6.45, 7) is 0. The third-order valence-corrected chi connectivity index (χ3v) is 9.43. The van der Waals surface area contributed by atoms with Gasteiger partial charge in [0.2, 0.25) is 23.2 Å². The SMILES string of the molecule is c1ccc(N(c2ccc(-c3nc4cccnc4o3)cc2)c2ccc3cc(N(c4ccccc4)c4ccc(-c5nc6cccnc6o5)cc4)ccc3c2)cc1. The lowest BCUT2D eigenvalue weighted by Crippen LogP contribution is -2.10. The van der Waals surface area contributed by atoms with Crippen molar-refractivity contribution in [1.82, 2.24) is 19.9 Å². The summed E-state index contributed by atoms with van der Waals surface area (Å²) >= 11 is 0. The molecule has 8 nitrogen and oxygen atoms in total. The van der Waals surface area contributed by atoms with Crippen LogP contribution in [0, 0.1) is 0 Å². The number of aromatic nitrogens is 4. The Morgan fingerprint density at radius 2 is 0.741 bits per heavy atom. The predicted molar refractivity (Wildman–Crippen MR) is 215 cm³/mol. The van der Waals surface area contributed by atoms with Crippen molar-refractivity contribution in [3.05, 3.63) is 182 Å². The summed E-state index contributed by atoms with van der Waals surface area (Å²) in [5, 5.41) is 2.25. The molecule has 6 aromatic carbocycles. The lowest BCUT2D eigenvalue weighted by atomic mass is 10.1. The number of para-hydroxylation sites is 2. The van der Waals surface area contributed by atoms with E-state index in [-0.39, 0.29) is 0 Å². The van der Waals surface area contributed by atoms with Crippen molar-refractivity contribution in [2.24, 2.45) is 0 Å². The summed E-state index contributed by atoms with van der Waals surface area (Å²) < 4.78 is 11.9. The molecule has 256 valence electrons. The number of hydrogen-bond acceptors (Lipinski definition) is 8. The summed E-state index contributed by atoms with van der Waals surface area (Å²) in [6.07, 6.45) is 3.42. The summed E-state index contributed by atoms with van der Waals surface area (Å²) in [6, 6.07) is 58.1. The number of rotatable bonds is 8. The number of benzene rings is 6. The highest BCUT2D eigenvalue weighted by Gasteiger charge is 2.18. The molecule has 0 aliphatic heterocycles. The molecule has 10 rings (SSSR count). The molecule has 4 heterocycles. The van der Waals surface area contributed by atoms with Crippen LogP contribution in [0.15, 0.2) is 191 Å². The van der Waals surface area contributed by atoms with Crippen molar-refractivity contribution in [2.45, 2.75) is 0 Å². The first-order valence-electron chi connectivity index (χ1n) is 17.6. The second kappa shape index (κ2) is 13.2. The summed E-state index contributed by atoms with van der Waals surface area (Å²) in [5.74, 6) is 1.09. The van der Waals surface area contributed by atoms with Gasteiger partial charge in [-0.1, -0.05) is 48.5 Å². The van der Waals surface area contributed by atoms with Gasteiger partial charge in [0.25, 0.3) is 0 Å². The third-order valence-electron chi connectivity index (χ3n) is 9.43. The van der Waals surface area contributed by atoms with Crippen molar-refractivity contribution >= 4 is 67.4 Å². The molecule has 0 N–H and O–H groups in total. The Kier molecular flexibility index (Phi) is 7.62. The smallest absolute Gasteiger partial charge is 0.247 e. The van der Waals surface area contributed by atoms with E-state index in [1.807, 2.05) is 60.7 Å². The maximum Gasteiger partial charge on any atom is 0.247 e. The minimum atomic E-state index is 0.529. The molecule has 0 fully saturated rings. The van der Waals surface area contributed by atoms with Crippen molar-refractivity contribution < 1.29 is 8.83 Å². The normalized spacial score (nSPS) is 11.3. The van der Waals surface area contributed by atoms with E-state index >= 15 is 0 Å². The van der Waals surface area contributed by atoms with Crippen LogP contribution in [0.4, 0.5) is 34.1 Å². The Balaban J connectivity index is 0.995. The Bertz CT molecular complexity index is 2620. The molecule has 0 aliphatic carbocycles. The molecule has 10 aromatic rings. The molecule has 0 aliphatic rings. The van der Waals surface area contributed by atoms with Crippen LogP contribution in [0.3, 0.4) is 0 Å². The highest BCUT2D eigenvalue weighted by molar-refractivity contribution is 5.93. The molecular formula is C46H30N6O2. The van der Waals surface area contributed by atoms with Crippen molar-refractivity contribution in [2.75, 3.05) is 9.80 Å². The van der Waals surface area contributed by atoms with E-state index in [1.54, 1.807) is 12.4 Å². The highest BCUT2D eigenvalue weighted by atomic mass is 16.4. The zero-order chi connectivity index (χ0) is 35.8. The monoisotopic (exact) mass is 698 g/mol. The van der Waals surface area contributed by atoms with Crippen LogP contribution in [0.25, 0.3) is 56.1 Å². The maximum atomic E-state index is 5.94. The van der Waals surface area contributed by atoms with Gasteiger partial charge in [0.15, 0.2) is 0 Å². The van der Waals surface area contributed by atoms with Gasteiger partial charge in [-0.05, 0) is 132 Å². The molecule has 0 amide bonds. The molecular weight excluding hydrogens is 669 g/mol. The molecule has 0 saturated heterocycles.